The van der Waals surface area contributed by atoms with E-state index in [-0.39, 0.29) is 11.3 Å². The number of carbonyl (C=O) groups is 2. The highest BCUT2D eigenvalue weighted by molar-refractivity contribution is 6.09. The third-order valence-corrected chi connectivity index (χ3v) is 3.96. The van der Waals surface area contributed by atoms with E-state index in [2.05, 4.69) is 10.3 Å². The van der Waals surface area contributed by atoms with Crippen LogP contribution in [0.5, 0.6) is 0 Å². The number of hydrogen-bond acceptors (Lipinski definition) is 4. The molecule has 1 atom stereocenters. The van der Waals surface area contributed by atoms with Crippen molar-refractivity contribution in [2.75, 3.05) is 5.32 Å². The maximum atomic E-state index is 15.4. The first kappa shape index (κ1) is 19.6. The summed E-state index contributed by atoms with van der Waals surface area (Å²) in [7, 11) is 0. The molecule has 0 aliphatic carbocycles. The number of halogens is 4. The maximum absolute atomic E-state index is 15.4. The van der Waals surface area contributed by atoms with Gasteiger partial charge in [-0.15, -0.1) is 0 Å². The Labute approximate surface area is 147 Å². The fourth-order valence-corrected chi connectivity index (χ4v) is 2.54. The summed E-state index contributed by atoms with van der Waals surface area (Å²) in [6.07, 6.45) is -1.80. The van der Waals surface area contributed by atoms with Gasteiger partial charge in [-0.25, -0.2) is 4.39 Å². The van der Waals surface area contributed by atoms with Gasteiger partial charge in [-0.05, 0) is 49.7 Å². The number of benzene rings is 1. The van der Waals surface area contributed by atoms with Crippen LogP contribution < -0.4 is 5.32 Å². The molecule has 2 rings (SSSR count). The molecule has 0 saturated carbocycles. The highest BCUT2D eigenvalue weighted by atomic mass is 19.4. The number of ketones is 2. The average molecular weight is 368 g/mol. The first-order valence-electron chi connectivity index (χ1n) is 7.61. The Bertz CT molecular complexity index is 775. The van der Waals surface area contributed by atoms with Crippen molar-refractivity contribution in [2.45, 2.75) is 31.7 Å². The Kier molecular flexibility index (Phi) is 5.44. The molecule has 0 aliphatic rings. The van der Waals surface area contributed by atoms with Crippen molar-refractivity contribution >= 4 is 17.3 Å². The maximum Gasteiger partial charge on any atom is 0.416 e. The number of aromatic nitrogens is 1. The van der Waals surface area contributed by atoms with Crippen molar-refractivity contribution in [1.29, 1.82) is 0 Å². The summed E-state index contributed by atoms with van der Waals surface area (Å²) >= 11 is 0. The monoisotopic (exact) mass is 368 g/mol. The summed E-state index contributed by atoms with van der Waals surface area (Å²) in [5, 5.41) is 2.65. The van der Waals surface area contributed by atoms with Crippen molar-refractivity contribution in [2.24, 2.45) is 0 Å². The predicted octanol–water partition coefficient (Wildman–Crippen LogP) is 4.14. The van der Waals surface area contributed by atoms with Gasteiger partial charge >= 0.3 is 6.18 Å². The number of alkyl halides is 4. The minimum atomic E-state index is -4.51. The molecule has 1 aromatic carbocycles. The van der Waals surface area contributed by atoms with Gasteiger partial charge in [0.05, 0.1) is 5.56 Å². The van der Waals surface area contributed by atoms with Crippen molar-refractivity contribution < 1.29 is 27.2 Å². The van der Waals surface area contributed by atoms with E-state index in [0.717, 1.165) is 38.1 Å². The molecule has 1 heterocycles. The van der Waals surface area contributed by atoms with E-state index in [1.54, 1.807) is 0 Å². The summed E-state index contributed by atoms with van der Waals surface area (Å²) in [6.45, 7) is 1.89. The van der Waals surface area contributed by atoms with E-state index >= 15 is 4.39 Å². The molecule has 0 radical (unpaired) electrons. The molecule has 8 heteroatoms. The first-order chi connectivity index (χ1) is 12.1. The largest absolute Gasteiger partial charge is 0.416 e. The Morgan fingerprint density at radius 2 is 1.58 bits per heavy atom. The molecule has 1 N–H and O–H groups in total. The molecule has 26 heavy (non-hydrogen) atoms. The Morgan fingerprint density at radius 1 is 1.00 bits per heavy atom. The van der Waals surface area contributed by atoms with Gasteiger partial charge in [-0.2, -0.15) is 13.2 Å². The molecule has 0 bridgehead atoms. The van der Waals surface area contributed by atoms with Gasteiger partial charge in [0.2, 0.25) is 5.67 Å². The highest BCUT2D eigenvalue weighted by Gasteiger charge is 2.49. The van der Waals surface area contributed by atoms with E-state index in [1.807, 2.05) is 0 Å². The number of Topliss-reactive ketones (excluding diaryl/α,β-unsaturated/α-hetero) is 2. The van der Waals surface area contributed by atoms with Crippen molar-refractivity contribution in [1.82, 2.24) is 4.98 Å². The van der Waals surface area contributed by atoms with Crippen molar-refractivity contribution in [3.63, 3.8) is 0 Å². The summed E-state index contributed by atoms with van der Waals surface area (Å²) in [5.41, 5.74) is -3.44. The quantitative estimate of drug-likeness (QED) is 0.615. The standard InChI is InChI=1S/C18H16F4N2O2/c1-11(25)17(19,12(2)26)16(13-4-3-9-23-10-13)24-15-7-5-14(6-8-15)18(20,21)22/h3-10,16,24H,1-2H3. The van der Waals surface area contributed by atoms with Gasteiger partial charge in [0.25, 0.3) is 0 Å². The van der Waals surface area contributed by atoms with E-state index in [0.29, 0.717) is 0 Å². The normalized spacial score (nSPS) is 13.2. The van der Waals surface area contributed by atoms with E-state index in [9.17, 15) is 22.8 Å². The summed E-state index contributed by atoms with van der Waals surface area (Å²) < 4.78 is 53.4. The number of hydrogen-bond donors (Lipinski definition) is 1. The third-order valence-electron chi connectivity index (χ3n) is 3.96. The fraction of sp³-hybridized carbons (Fsp3) is 0.278. The number of anilines is 1. The zero-order valence-electron chi connectivity index (χ0n) is 14.0. The molecule has 0 fully saturated rings. The van der Waals surface area contributed by atoms with Crippen LogP contribution in [0.1, 0.15) is 31.0 Å². The molecule has 0 amide bonds. The van der Waals surface area contributed by atoms with Gasteiger partial charge in [0.1, 0.15) is 6.04 Å². The lowest BCUT2D eigenvalue weighted by molar-refractivity contribution is -0.142. The van der Waals surface area contributed by atoms with Crippen LogP contribution in [0.3, 0.4) is 0 Å². The summed E-state index contributed by atoms with van der Waals surface area (Å²) in [6, 6.07) is 5.38. The van der Waals surface area contributed by atoms with Crippen LogP contribution in [0.25, 0.3) is 0 Å². The van der Waals surface area contributed by atoms with Crippen LogP contribution in [0.15, 0.2) is 48.8 Å². The van der Waals surface area contributed by atoms with Crippen LogP contribution in [-0.2, 0) is 15.8 Å². The van der Waals surface area contributed by atoms with E-state index in [1.165, 1.54) is 24.5 Å². The molecule has 1 unspecified atom stereocenters. The number of carbonyl (C=O) groups excluding carboxylic acids is 2. The van der Waals surface area contributed by atoms with E-state index in [4.69, 9.17) is 0 Å². The van der Waals surface area contributed by atoms with E-state index < -0.39 is 35.0 Å². The lowest BCUT2D eigenvalue weighted by Gasteiger charge is -2.31. The average Bonchev–Trinajstić information content (AvgIpc) is 2.59. The molecular formula is C18H16F4N2O2. The number of rotatable bonds is 6. The van der Waals surface area contributed by atoms with Crippen molar-refractivity contribution in [3.8, 4) is 0 Å². The second-order valence-electron chi connectivity index (χ2n) is 5.76. The van der Waals surface area contributed by atoms with Crippen LogP contribution in [0.4, 0.5) is 23.2 Å². The molecule has 0 aliphatic heterocycles. The molecule has 0 spiro atoms. The smallest absolute Gasteiger partial charge is 0.374 e. The summed E-state index contributed by atoms with van der Waals surface area (Å²) in [5.74, 6) is -2.03. The topological polar surface area (TPSA) is 59.1 Å². The highest BCUT2D eigenvalue weighted by Crippen LogP contribution is 2.36. The van der Waals surface area contributed by atoms with Gasteiger partial charge in [-0.1, -0.05) is 6.07 Å². The van der Waals surface area contributed by atoms with Gasteiger partial charge in [0.15, 0.2) is 11.6 Å². The Morgan fingerprint density at radius 3 is 2.00 bits per heavy atom. The number of nitrogens with zero attached hydrogens (tertiary/aromatic N) is 1. The SMILES string of the molecule is CC(=O)C(F)(C(C)=O)C(Nc1ccc(C(F)(F)F)cc1)c1cccnc1. The third kappa shape index (κ3) is 3.89. The molecular weight excluding hydrogens is 352 g/mol. The number of nitrogens with one attached hydrogen (secondary N) is 1. The lowest BCUT2D eigenvalue weighted by atomic mass is 9.84. The van der Waals surface area contributed by atoms with Crippen LogP contribution in [-0.4, -0.2) is 22.2 Å². The molecule has 2 aromatic rings. The molecule has 1 aromatic heterocycles. The second-order valence-corrected chi connectivity index (χ2v) is 5.76. The minimum Gasteiger partial charge on any atom is -0.374 e. The molecule has 4 nitrogen and oxygen atoms in total. The van der Waals surface area contributed by atoms with Gasteiger partial charge in [0, 0.05) is 18.1 Å². The number of pyridine rings is 1. The fourth-order valence-electron chi connectivity index (χ4n) is 2.54. The second kappa shape index (κ2) is 7.23. The molecule has 138 valence electrons. The zero-order valence-corrected chi connectivity index (χ0v) is 14.0. The summed E-state index contributed by atoms with van der Waals surface area (Å²) in [4.78, 5) is 27.6. The Hall–Kier alpha value is -2.77. The van der Waals surface area contributed by atoms with Gasteiger partial charge in [-0.3, -0.25) is 14.6 Å². The lowest BCUT2D eigenvalue weighted by Crippen LogP contribution is -2.48. The van der Waals surface area contributed by atoms with Crippen LogP contribution >= 0.6 is 0 Å². The Balaban J connectivity index is 2.46. The van der Waals surface area contributed by atoms with Crippen LogP contribution in [0, 0.1) is 0 Å². The predicted molar refractivity (Wildman–Crippen MR) is 87.2 cm³/mol. The van der Waals surface area contributed by atoms with Crippen molar-refractivity contribution in [3.05, 3.63) is 59.9 Å². The van der Waals surface area contributed by atoms with Crippen LogP contribution in [0.2, 0.25) is 0 Å². The van der Waals surface area contributed by atoms with Gasteiger partial charge < -0.3 is 5.32 Å². The zero-order chi connectivity index (χ0) is 19.5. The first-order valence-corrected chi connectivity index (χ1v) is 7.61. The molecule has 0 saturated heterocycles. The minimum absolute atomic E-state index is 0.122.